The molecule has 24 heavy (non-hydrogen) atoms. The van der Waals surface area contributed by atoms with Crippen LogP contribution in [0.5, 0.6) is 5.75 Å². The first-order valence-corrected chi connectivity index (χ1v) is 7.50. The fraction of sp³-hybridized carbons (Fsp3) is 0.412. The maximum atomic E-state index is 12.3. The molecule has 2 rings (SSSR count). The largest absolute Gasteiger partial charge is 0.489 e. The number of nitrogens with zero attached hydrogens (tertiary/aromatic N) is 1. The molecule has 1 aromatic carbocycles. The van der Waals surface area contributed by atoms with E-state index in [0.717, 1.165) is 0 Å². The van der Waals surface area contributed by atoms with Crippen molar-refractivity contribution in [3.8, 4) is 5.75 Å². The van der Waals surface area contributed by atoms with Crippen LogP contribution >= 0.6 is 0 Å². The van der Waals surface area contributed by atoms with Crippen molar-refractivity contribution in [2.24, 2.45) is 0 Å². The van der Waals surface area contributed by atoms with Gasteiger partial charge in [0.25, 0.3) is 0 Å². The Morgan fingerprint density at radius 3 is 2.42 bits per heavy atom. The second kappa shape index (κ2) is 7.83. The summed E-state index contributed by atoms with van der Waals surface area (Å²) in [5.41, 5.74) is 0.804. The SMILES string of the molecule is COC(=O)C1=C(C(=O)OC)N(c2ccccc2OC(C)C)COC1. The van der Waals surface area contributed by atoms with Crippen molar-refractivity contribution >= 4 is 17.6 Å². The third kappa shape index (κ3) is 3.68. The summed E-state index contributed by atoms with van der Waals surface area (Å²) >= 11 is 0. The van der Waals surface area contributed by atoms with Crippen molar-refractivity contribution in [1.82, 2.24) is 0 Å². The van der Waals surface area contributed by atoms with Crippen LogP contribution in [0.4, 0.5) is 5.69 Å². The molecule has 7 heteroatoms. The molecular formula is C17H21NO6. The van der Waals surface area contributed by atoms with Crippen LogP contribution in [-0.2, 0) is 23.8 Å². The summed E-state index contributed by atoms with van der Waals surface area (Å²) in [6, 6.07) is 7.21. The second-order valence-corrected chi connectivity index (χ2v) is 5.35. The van der Waals surface area contributed by atoms with Gasteiger partial charge >= 0.3 is 11.9 Å². The van der Waals surface area contributed by atoms with Crippen LogP contribution in [0.25, 0.3) is 0 Å². The molecular weight excluding hydrogens is 314 g/mol. The van der Waals surface area contributed by atoms with Crippen molar-refractivity contribution in [3.05, 3.63) is 35.5 Å². The number of anilines is 1. The molecule has 1 aliphatic rings. The monoisotopic (exact) mass is 335 g/mol. The fourth-order valence-corrected chi connectivity index (χ4v) is 2.37. The predicted molar refractivity (Wildman–Crippen MR) is 86.6 cm³/mol. The molecule has 0 aliphatic carbocycles. The van der Waals surface area contributed by atoms with Gasteiger partial charge in [0.2, 0.25) is 0 Å². The number of rotatable bonds is 5. The normalized spacial score (nSPS) is 14.6. The van der Waals surface area contributed by atoms with E-state index in [1.165, 1.54) is 14.2 Å². The maximum absolute atomic E-state index is 12.3. The number of hydrogen-bond donors (Lipinski definition) is 0. The number of benzene rings is 1. The number of esters is 2. The van der Waals surface area contributed by atoms with Crippen LogP contribution in [0.1, 0.15) is 13.8 Å². The van der Waals surface area contributed by atoms with Gasteiger partial charge in [0.05, 0.1) is 38.2 Å². The molecule has 130 valence electrons. The summed E-state index contributed by atoms with van der Waals surface area (Å²) in [5, 5.41) is 0. The van der Waals surface area contributed by atoms with Gasteiger partial charge in [-0.25, -0.2) is 9.59 Å². The number of para-hydroxylation sites is 2. The third-order valence-electron chi connectivity index (χ3n) is 3.35. The Morgan fingerprint density at radius 2 is 1.79 bits per heavy atom. The molecule has 1 aliphatic heterocycles. The Bertz CT molecular complexity index is 652. The van der Waals surface area contributed by atoms with E-state index in [-0.39, 0.29) is 30.7 Å². The highest BCUT2D eigenvalue weighted by Crippen LogP contribution is 2.34. The zero-order valence-corrected chi connectivity index (χ0v) is 14.2. The number of methoxy groups -OCH3 is 2. The molecule has 0 fully saturated rings. The van der Waals surface area contributed by atoms with Gasteiger partial charge in [-0.1, -0.05) is 12.1 Å². The van der Waals surface area contributed by atoms with Gasteiger partial charge in [0.15, 0.2) is 0 Å². The van der Waals surface area contributed by atoms with E-state index >= 15 is 0 Å². The molecule has 1 aromatic rings. The first-order valence-electron chi connectivity index (χ1n) is 7.50. The Kier molecular flexibility index (Phi) is 5.81. The number of carbonyl (C=O) groups excluding carboxylic acids is 2. The summed E-state index contributed by atoms with van der Waals surface area (Å²) in [6.07, 6.45) is -0.0532. The van der Waals surface area contributed by atoms with E-state index in [2.05, 4.69) is 0 Å². The van der Waals surface area contributed by atoms with Gasteiger partial charge in [-0.2, -0.15) is 0 Å². The minimum Gasteiger partial charge on any atom is -0.489 e. The molecule has 0 aromatic heterocycles. The molecule has 0 radical (unpaired) electrons. The van der Waals surface area contributed by atoms with E-state index in [1.807, 2.05) is 26.0 Å². The Morgan fingerprint density at radius 1 is 1.12 bits per heavy atom. The molecule has 0 bridgehead atoms. The summed E-state index contributed by atoms with van der Waals surface area (Å²) in [5.74, 6) is -0.705. The molecule has 0 N–H and O–H groups in total. The molecule has 0 saturated heterocycles. The number of carbonyl (C=O) groups is 2. The third-order valence-corrected chi connectivity index (χ3v) is 3.35. The van der Waals surface area contributed by atoms with Gasteiger partial charge in [0, 0.05) is 0 Å². The van der Waals surface area contributed by atoms with Crippen LogP contribution < -0.4 is 9.64 Å². The number of ether oxygens (including phenoxy) is 4. The van der Waals surface area contributed by atoms with Crippen molar-refractivity contribution < 1.29 is 28.5 Å². The molecule has 1 heterocycles. The fourth-order valence-electron chi connectivity index (χ4n) is 2.37. The first-order chi connectivity index (χ1) is 11.5. The lowest BCUT2D eigenvalue weighted by molar-refractivity contribution is -0.140. The second-order valence-electron chi connectivity index (χ2n) is 5.35. The van der Waals surface area contributed by atoms with Crippen LogP contribution in [-0.4, -0.2) is 45.6 Å². The molecule has 0 saturated carbocycles. The quantitative estimate of drug-likeness (QED) is 0.760. The summed E-state index contributed by atoms with van der Waals surface area (Å²) in [7, 11) is 2.51. The van der Waals surface area contributed by atoms with Crippen molar-refractivity contribution in [2.75, 3.05) is 32.5 Å². The first kappa shape index (κ1) is 17.8. The van der Waals surface area contributed by atoms with E-state index in [0.29, 0.717) is 11.4 Å². The lowest BCUT2D eigenvalue weighted by Crippen LogP contribution is -2.39. The van der Waals surface area contributed by atoms with Crippen molar-refractivity contribution in [3.63, 3.8) is 0 Å². The van der Waals surface area contributed by atoms with Gasteiger partial charge in [-0.05, 0) is 26.0 Å². The highest BCUT2D eigenvalue weighted by Gasteiger charge is 2.33. The van der Waals surface area contributed by atoms with Crippen LogP contribution in [0.15, 0.2) is 35.5 Å². The lowest BCUT2D eigenvalue weighted by atomic mass is 10.1. The standard InChI is InChI=1S/C17H21NO6/c1-11(2)24-14-8-6-5-7-13(14)18-10-23-9-12(16(19)21-3)15(18)17(20)22-4/h5-8,11H,9-10H2,1-4H3. The maximum Gasteiger partial charge on any atom is 0.355 e. The lowest BCUT2D eigenvalue weighted by Gasteiger charge is -2.32. The molecule has 7 nitrogen and oxygen atoms in total. The zero-order valence-electron chi connectivity index (χ0n) is 14.2. The highest BCUT2D eigenvalue weighted by atomic mass is 16.5. The molecule has 0 amide bonds. The van der Waals surface area contributed by atoms with E-state index in [1.54, 1.807) is 17.0 Å². The Hall–Kier alpha value is -2.54. The summed E-state index contributed by atoms with van der Waals surface area (Å²) in [6.45, 7) is 3.87. The average Bonchev–Trinajstić information content (AvgIpc) is 2.59. The van der Waals surface area contributed by atoms with E-state index < -0.39 is 11.9 Å². The van der Waals surface area contributed by atoms with Crippen LogP contribution in [0.2, 0.25) is 0 Å². The van der Waals surface area contributed by atoms with Crippen molar-refractivity contribution in [1.29, 1.82) is 0 Å². The summed E-state index contributed by atoms with van der Waals surface area (Å²) in [4.78, 5) is 25.9. The van der Waals surface area contributed by atoms with Gasteiger partial charge in [-0.15, -0.1) is 0 Å². The van der Waals surface area contributed by atoms with E-state index in [4.69, 9.17) is 18.9 Å². The van der Waals surface area contributed by atoms with Gasteiger partial charge in [0.1, 0.15) is 18.2 Å². The summed E-state index contributed by atoms with van der Waals surface area (Å²) < 4.78 is 20.9. The van der Waals surface area contributed by atoms with Gasteiger partial charge in [-0.3, -0.25) is 0 Å². The average molecular weight is 335 g/mol. The molecule has 0 unspecified atom stereocenters. The van der Waals surface area contributed by atoms with Crippen LogP contribution in [0.3, 0.4) is 0 Å². The van der Waals surface area contributed by atoms with Crippen LogP contribution in [0, 0.1) is 0 Å². The Labute approximate surface area is 140 Å². The minimum atomic E-state index is -0.641. The minimum absolute atomic E-state index is 0.0270. The predicted octanol–water partition coefficient (Wildman–Crippen LogP) is 1.87. The Balaban J connectivity index is 2.55. The van der Waals surface area contributed by atoms with Gasteiger partial charge < -0.3 is 23.8 Å². The smallest absolute Gasteiger partial charge is 0.355 e. The van der Waals surface area contributed by atoms with E-state index in [9.17, 15) is 9.59 Å². The topological polar surface area (TPSA) is 74.3 Å². The molecule has 0 spiro atoms. The highest BCUT2D eigenvalue weighted by molar-refractivity contribution is 6.03. The number of hydrogen-bond acceptors (Lipinski definition) is 7. The van der Waals surface area contributed by atoms with Crippen molar-refractivity contribution in [2.45, 2.75) is 20.0 Å². The zero-order chi connectivity index (χ0) is 17.7. The molecule has 0 atom stereocenters.